The molecule has 0 aliphatic carbocycles. The molecule has 0 spiro atoms. The van der Waals surface area contributed by atoms with Gasteiger partial charge in [-0.05, 0) is 26.5 Å². The number of para-hydroxylation sites is 1. The molecule has 84 valence electrons. The summed E-state index contributed by atoms with van der Waals surface area (Å²) in [5.74, 6) is 1.01. The first-order valence-electron chi connectivity index (χ1n) is 5.68. The summed E-state index contributed by atoms with van der Waals surface area (Å²) >= 11 is 0. The molecule has 0 aliphatic heterocycles. The van der Waals surface area contributed by atoms with E-state index in [1.54, 1.807) is 0 Å². The topological polar surface area (TPSA) is 21.3 Å². The van der Waals surface area contributed by atoms with E-state index in [-0.39, 0.29) is 0 Å². The van der Waals surface area contributed by atoms with Gasteiger partial charge in [-0.1, -0.05) is 31.5 Å². The Morgan fingerprint density at radius 3 is 2.73 bits per heavy atom. The predicted molar refractivity (Wildman–Crippen MR) is 64.3 cm³/mol. The van der Waals surface area contributed by atoms with Crippen molar-refractivity contribution in [3.05, 3.63) is 29.8 Å². The van der Waals surface area contributed by atoms with E-state index in [0.29, 0.717) is 6.04 Å². The van der Waals surface area contributed by atoms with Gasteiger partial charge in [-0.15, -0.1) is 0 Å². The molecular formula is C13H21NO. The molecule has 0 radical (unpaired) electrons. The van der Waals surface area contributed by atoms with Crippen molar-refractivity contribution in [1.29, 1.82) is 0 Å². The molecule has 15 heavy (non-hydrogen) atoms. The number of unbranched alkanes of at least 4 members (excludes halogenated alkanes) is 1. The molecule has 0 fully saturated rings. The molecule has 0 aliphatic rings. The molecule has 1 unspecified atom stereocenters. The lowest BCUT2D eigenvalue weighted by atomic mass is 10.1. The van der Waals surface area contributed by atoms with Crippen LogP contribution in [0, 0.1) is 0 Å². The van der Waals surface area contributed by atoms with Crippen LogP contribution < -0.4 is 10.1 Å². The maximum absolute atomic E-state index is 5.76. The average Bonchev–Trinajstić information content (AvgIpc) is 2.29. The third-order valence-corrected chi connectivity index (χ3v) is 2.57. The highest BCUT2D eigenvalue weighted by atomic mass is 16.5. The van der Waals surface area contributed by atoms with Gasteiger partial charge >= 0.3 is 0 Å². The van der Waals surface area contributed by atoms with Gasteiger partial charge in [-0.25, -0.2) is 0 Å². The molecule has 0 saturated carbocycles. The van der Waals surface area contributed by atoms with Crippen LogP contribution in [0.3, 0.4) is 0 Å². The molecule has 1 aromatic rings. The van der Waals surface area contributed by atoms with Crippen LogP contribution in [0.4, 0.5) is 0 Å². The van der Waals surface area contributed by atoms with Crippen molar-refractivity contribution in [3.8, 4) is 5.75 Å². The van der Waals surface area contributed by atoms with Crippen molar-refractivity contribution in [1.82, 2.24) is 5.32 Å². The summed E-state index contributed by atoms with van der Waals surface area (Å²) in [6.07, 6.45) is 2.28. The van der Waals surface area contributed by atoms with Gasteiger partial charge in [0.25, 0.3) is 0 Å². The predicted octanol–water partition coefficient (Wildman–Crippen LogP) is 3.15. The zero-order valence-corrected chi connectivity index (χ0v) is 9.92. The van der Waals surface area contributed by atoms with Crippen LogP contribution in [0.15, 0.2) is 24.3 Å². The average molecular weight is 207 g/mol. The number of nitrogens with one attached hydrogen (secondary N) is 1. The summed E-state index contributed by atoms with van der Waals surface area (Å²) in [4.78, 5) is 0. The Bertz CT molecular complexity index is 286. The Labute approximate surface area is 92.6 Å². The van der Waals surface area contributed by atoms with Crippen molar-refractivity contribution < 1.29 is 4.74 Å². The van der Waals surface area contributed by atoms with Crippen LogP contribution in [0.2, 0.25) is 0 Å². The number of hydrogen-bond donors (Lipinski definition) is 1. The smallest absolute Gasteiger partial charge is 0.124 e. The van der Waals surface area contributed by atoms with Crippen molar-refractivity contribution in [2.75, 3.05) is 13.7 Å². The second-order valence-corrected chi connectivity index (χ2v) is 3.75. The number of benzene rings is 1. The Hall–Kier alpha value is -1.02. The number of rotatable bonds is 6. The van der Waals surface area contributed by atoms with Crippen LogP contribution in [-0.2, 0) is 0 Å². The monoisotopic (exact) mass is 207 g/mol. The van der Waals surface area contributed by atoms with Crippen molar-refractivity contribution in [2.24, 2.45) is 0 Å². The fourth-order valence-electron chi connectivity index (χ4n) is 1.45. The Morgan fingerprint density at radius 2 is 2.07 bits per heavy atom. The van der Waals surface area contributed by atoms with Gasteiger partial charge in [0.15, 0.2) is 0 Å². The first-order valence-corrected chi connectivity index (χ1v) is 5.68. The lowest BCUT2D eigenvalue weighted by molar-refractivity contribution is 0.304. The van der Waals surface area contributed by atoms with Gasteiger partial charge in [0.05, 0.1) is 6.61 Å². The highest BCUT2D eigenvalue weighted by Gasteiger charge is 2.08. The lowest BCUT2D eigenvalue weighted by Crippen LogP contribution is -2.13. The van der Waals surface area contributed by atoms with E-state index in [1.165, 1.54) is 12.0 Å². The van der Waals surface area contributed by atoms with Gasteiger partial charge < -0.3 is 10.1 Å². The number of ether oxygens (including phenoxy) is 1. The molecule has 1 atom stereocenters. The van der Waals surface area contributed by atoms with E-state index in [9.17, 15) is 0 Å². The van der Waals surface area contributed by atoms with Gasteiger partial charge in [-0.3, -0.25) is 0 Å². The maximum atomic E-state index is 5.76. The fraction of sp³-hybridized carbons (Fsp3) is 0.538. The van der Waals surface area contributed by atoms with E-state index in [0.717, 1.165) is 18.8 Å². The van der Waals surface area contributed by atoms with Crippen LogP contribution in [0.1, 0.15) is 38.3 Å². The first-order chi connectivity index (χ1) is 7.29. The van der Waals surface area contributed by atoms with E-state index >= 15 is 0 Å². The molecule has 0 heterocycles. The molecule has 2 nitrogen and oxygen atoms in total. The van der Waals surface area contributed by atoms with Crippen molar-refractivity contribution in [3.63, 3.8) is 0 Å². The van der Waals surface area contributed by atoms with Crippen molar-refractivity contribution >= 4 is 0 Å². The number of hydrogen-bond acceptors (Lipinski definition) is 2. The summed E-state index contributed by atoms with van der Waals surface area (Å²) in [5, 5.41) is 3.23. The molecule has 0 bridgehead atoms. The van der Waals surface area contributed by atoms with Gasteiger partial charge in [-0.2, -0.15) is 0 Å². The largest absolute Gasteiger partial charge is 0.493 e. The molecule has 2 heteroatoms. The van der Waals surface area contributed by atoms with Gasteiger partial charge in [0.1, 0.15) is 5.75 Å². The Kier molecular flexibility index (Phi) is 5.19. The first kappa shape index (κ1) is 12.1. The van der Waals surface area contributed by atoms with E-state index in [4.69, 9.17) is 4.74 Å². The molecule has 0 amide bonds. The van der Waals surface area contributed by atoms with E-state index < -0.39 is 0 Å². The minimum absolute atomic E-state index is 0.336. The Balaban J connectivity index is 2.68. The summed E-state index contributed by atoms with van der Waals surface area (Å²) in [7, 11) is 1.97. The molecule has 0 aromatic heterocycles. The van der Waals surface area contributed by atoms with Crippen LogP contribution >= 0.6 is 0 Å². The SMILES string of the molecule is CCCCOc1ccccc1C(C)NC. The van der Waals surface area contributed by atoms with Crippen LogP contribution in [0.25, 0.3) is 0 Å². The van der Waals surface area contributed by atoms with E-state index in [1.807, 2.05) is 19.2 Å². The highest BCUT2D eigenvalue weighted by Crippen LogP contribution is 2.24. The third-order valence-electron chi connectivity index (χ3n) is 2.57. The summed E-state index contributed by atoms with van der Waals surface area (Å²) in [6.45, 7) is 5.12. The summed E-state index contributed by atoms with van der Waals surface area (Å²) in [5.41, 5.74) is 1.23. The lowest BCUT2D eigenvalue weighted by Gasteiger charge is -2.16. The standard InChI is InChI=1S/C13H21NO/c1-4-5-10-15-13-9-7-6-8-12(13)11(2)14-3/h6-9,11,14H,4-5,10H2,1-3H3. The zero-order chi connectivity index (χ0) is 11.1. The fourth-order valence-corrected chi connectivity index (χ4v) is 1.45. The zero-order valence-electron chi connectivity index (χ0n) is 9.92. The minimum atomic E-state index is 0.336. The highest BCUT2D eigenvalue weighted by molar-refractivity contribution is 5.35. The molecule has 0 saturated heterocycles. The molecule has 1 rings (SSSR count). The Morgan fingerprint density at radius 1 is 1.33 bits per heavy atom. The van der Waals surface area contributed by atoms with Crippen LogP contribution in [-0.4, -0.2) is 13.7 Å². The molecular weight excluding hydrogens is 186 g/mol. The summed E-state index contributed by atoms with van der Waals surface area (Å²) < 4.78 is 5.76. The second-order valence-electron chi connectivity index (χ2n) is 3.75. The molecule has 1 aromatic carbocycles. The minimum Gasteiger partial charge on any atom is -0.493 e. The van der Waals surface area contributed by atoms with E-state index in [2.05, 4.69) is 31.3 Å². The van der Waals surface area contributed by atoms with Crippen LogP contribution in [0.5, 0.6) is 5.75 Å². The van der Waals surface area contributed by atoms with Gasteiger partial charge in [0, 0.05) is 11.6 Å². The maximum Gasteiger partial charge on any atom is 0.124 e. The van der Waals surface area contributed by atoms with Gasteiger partial charge in [0.2, 0.25) is 0 Å². The normalized spacial score (nSPS) is 12.5. The second kappa shape index (κ2) is 6.46. The summed E-state index contributed by atoms with van der Waals surface area (Å²) in [6, 6.07) is 8.56. The quantitative estimate of drug-likeness (QED) is 0.723. The van der Waals surface area contributed by atoms with Crippen molar-refractivity contribution in [2.45, 2.75) is 32.7 Å². The third kappa shape index (κ3) is 3.56. The molecule has 1 N–H and O–H groups in total.